The Kier molecular flexibility index (Phi) is 8.65. The summed E-state index contributed by atoms with van der Waals surface area (Å²) in [6.07, 6.45) is 1.60. The third-order valence-corrected chi connectivity index (χ3v) is 7.70. The van der Waals surface area contributed by atoms with Crippen LogP contribution in [0, 0.1) is 5.92 Å². The number of piperidine rings is 1. The van der Waals surface area contributed by atoms with Crippen molar-refractivity contribution in [2.45, 2.75) is 24.7 Å². The normalized spacial score (nSPS) is 15.0. The van der Waals surface area contributed by atoms with Gasteiger partial charge < -0.3 is 20.1 Å². The maximum absolute atomic E-state index is 13.2. The minimum atomic E-state index is -3.75. The van der Waals surface area contributed by atoms with Crippen molar-refractivity contribution in [3.63, 3.8) is 0 Å². The zero-order valence-corrected chi connectivity index (χ0v) is 20.5. The van der Waals surface area contributed by atoms with Crippen LogP contribution in [0.1, 0.15) is 40.5 Å². The molecule has 1 aliphatic heterocycles. The Hall–Kier alpha value is -2.95. The summed E-state index contributed by atoms with van der Waals surface area (Å²) in [5.74, 6) is -0.241. The standard InChI is InChI=1S/C24H31N3O6S/c1-17-10-13-27(14-11-17)34(30,31)18-8-9-22(33-3)20(16-18)24(29)26-21-7-5-4-6-19(21)23(28)25-12-15-32-2/h4-9,16-17H,10-15H2,1-3H3,(H,25,28)(H,26,29). The Bertz CT molecular complexity index is 1130. The van der Waals surface area contributed by atoms with Crippen molar-refractivity contribution in [3.05, 3.63) is 53.6 Å². The first-order valence-electron chi connectivity index (χ1n) is 11.1. The van der Waals surface area contributed by atoms with Crippen molar-refractivity contribution in [2.24, 2.45) is 5.92 Å². The molecule has 1 saturated heterocycles. The first-order valence-corrected chi connectivity index (χ1v) is 12.6. The number of ether oxygens (including phenoxy) is 2. The van der Waals surface area contributed by atoms with Gasteiger partial charge in [0.2, 0.25) is 10.0 Å². The number of methoxy groups -OCH3 is 2. The Balaban J connectivity index is 1.86. The van der Waals surface area contributed by atoms with Crippen LogP contribution in [0.2, 0.25) is 0 Å². The SMILES string of the molecule is COCCNC(=O)c1ccccc1NC(=O)c1cc(S(=O)(=O)N2CCC(C)CC2)ccc1OC. The van der Waals surface area contributed by atoms with Crippen LogP contribution >= 0.6 is 0 Å². The lowest BCUT2D eigenvalue weighted by Gasteiger charge is -2.29. The molecule has 2 amide bonds. The van der Waals surface area contributed by atoms with Gasteiger partial charge in [0.25, 0.3) is 11.8 Å². The topological polar surface area (TPSA) is 114 Å². The first-order chi connectivity index (χ1) is 16.3. The Labute approximate surface area is 200 Å². The van der Waals surface area contributed by atoms with E-state index in [1.54, 1.807) is 24.3 Å². The summed E-state index contributed by atoms with van der Waals surface area (Å²) in [6.45, 7) is 3.68. The molecular formula is C24H31N3O6S. The van der Waals surface area contributed by atoms with Crippen molar-refractivity contribution >= 4 is 27.5 Å². The van der Waals surface area contributed by atoms with Crippen LogP contribution in [0.4, 0.5) is 5.69 Å². The number of hydrogen-bond acceptors (Lipinski definition) is 6. The second-order valence-electron chi connectivity index (χ2n) is 8.20. The number of hydrogen-bond donors (Lipinski definition) is 2. The van der Waals surface area contributed by atoms with E-state index in [0.717, 1.165) is 12.8 Å². The second-order valence-corrected chi connectivity index (χ2v) is 10.1. The third kappa shape index (κ3) is 5.94. The van der Waals surface area contributed by atoms with Gasteiger partial charge in [-0.15, -0.1) is 0 Å². The number of carbonyl (C=O) groups is 2. The highest BCUT2D eigenvalue weighted by Crippen LogP contribution is 2.28. The van der Waals surface area contributed by atoms with Gasteiger partial charge in [-0.1, -0.05) is 19.1 Å². The summed E-state index contributed by atoms with van der Waals surface area (Å²) in [6, 6.07) is 10.8. The van der Waals surface area contributed by atoms with Crippen LogP contribution in [0.15, 0.2) is 47.4 Å². The Morgan fingerprint density at radius 1 is 1.03 bits per heavy atom. The minimum absolute atomic E-state index is 0.0265. The molecule has 0 radical (unpaired) electrons. The van der Waals surface area contributed by atoms with Gasteiger partial charge in [-0.3, -0.25) is 9.59 Å². The number of amides is 2. The number of nitrogens with one attached hydrogen (secondary N) is 2. The van der Waals surface area contributed by atoms with Gasteiger partial charge in [-0.25, -0.2) is 8.42 Å². The van der Waals surface area contributed by atoms with Crippen LogP contribution in [-0.2, 0) is 14.8 Å². The molecule has 2 N–H and O–H groups in total. The molecular weight excluding hydrogens is 458 g/mol. The van der Waals surface area contributed by atoms with Crippen molar-refractivity contribution in [2.75, 3.05) is 45.8 Å². The summed E-state index contributed by atoms with van der Waals surface area (Å²) < 4.78 is 38.1. The van der Waals surface area contributed by atoms with Crippen LogP contribution in [0.25, 0.3) is 0 Å². The third-order valence-electron chi connectivity index (χ3n) is 5.81. The molecule has 2 aromatic rings. The summed E-state index contributed by atoms with van der Waals surface area (Å²) >= 11 is 0. The minimum Gasteiger partial charge on any atom is -0.496 e. The van der Waals surface area contributed by atoms with Gasteiger partial charge >= 0.3 is 0 Å². The number of para-hydroxylation sites is 1. The van der Waals surface area contributed by atoms with E-state index in [2.05, 4.69) is 17.6 Å². The molecule has 0 saturated carbocycles. The average molecular weight is 490 g/mol. The maximum Gasteiger partial charge on any atom is 0.259 e. The molecule has 0 aromatic heterocycles. The highest BCUT2D eigenvalue weighted by Gasteiger charge is 2.29. The number of anilines is 1. The van der Waals surface area contributed by atoms with Crippen molar-refractivity contribution in [3.8, 4) is 5.75 Å². The molecule has 0 unspecified atom stereocenters. The van der Waals surface area contributed by atoms with E-state index in [1.807, 2.05) is 0 Å². The molecule has 184 valence electrons. The second kappa shape index (κ2) is 11.5. The molecule has 0 bridgehead atoms. The number of carbonyl (C=O) groups excluding carboxylic acids is 2. The predicted octanol–water partition coefficient (Wildman–Crippen LogP) is 2.74. The molecule has 1 aliphatic rings. The van der Waals surface area contributed by atoms with Gasteiger partial charge in [0.1, 0.15) is 5.75 Å². The molecule has 1 fully saturated rings. The lowest BCUT2D eigenvalue weighted by Crippen LogP contribution is -2.38. The zero-order valence-electron chi connectivity index (χ0n) is 19.7. The predicted molar refractivity (Wildman–Crippen MR) is 129 cm³/mol. The van der Waals surface area contributed by atoms with Crippen LogP contribution < -0.4 is 15.4 Å². The van der Waals surface area contributed by atoms with Crippen LogP contribution in [-0.4, -0.2) is 65.0 Å². The van der Waals surface area contributed by atoms with E-state index in [1.165, 1.54) is 36.7 Å². The first kappa shape index (κ1) is 25.7. The van der Waals surface area contributed by atoms with Crippen molar-refractivity contribution < 1.29 is 27.5 Å². The molecule has 1 heterocycles. The van der Waals surface area contributed by atoms with Gasteiger partial charge in [-0.05, 0) is 49.1 Å². The molecule has 0 atom stereocenters. The highest BCUT2D eigenvalue weighted by atomic mass is 32.2. The van der Waals surface area contributed by atoms with Crippen LogP contribution in [0.3, 0.4) is 0 Å². The molecule has 10 heteroatoms. The van der Waals surface area contributed by atoms with E-state index in [4.69, 9.17) is 9.47 Å². The van der Waals surface area contributed by atoms with E-state index in [-0.39, 0.29) is 27.7 Å². The van der Waals surface area contributed by atoms with Crippen molar-refractivity contribution in [1.29, 1.82) is 0 Å². The average Bonchev–Trinajstić information content (AvgIpc) is 2.84. The van der Waals surface area contributed by atoms with Gasteiger partial charge in [0.15, 0.2) is 0 Å². The molecule has 0 aliphatic carbocycles. The number of benzene rings is 2. The fourth-order valence-corrected chi connectivity index (χ4v) is 5.24. The van der Waals surface area contributed by atoms with E-state index >= 15 is 0 Å². The molecule has 9 nitrogen and oxygen atoms in total. The summed E-state index contributed by atoms with van der Waals surface area (Å²) in [5.41, 5.74) is 0.628. The summed E-state index contributed by atoms with van der Waals surface area (Å²) in [7, 11) is -0.810. The van der Waals surface area contributed by atoms with E-state index in [0.29, 0.717) is 37.8 Å². The lowest BCUT2D eigenvalue weighted by molar-refractivity contribution is 0.0938. The quantitative estimate of drug-likeness (QED) is 0.524. The number of nitrogens with zero attached hydrogens (tertiary/aromatic N) is 1. The fourth-order valence-electron chi connectivity index (χ4n) is 3.74. The van der Waals surface area contributed by atoms with Crippen LogP contribution in [0.5, 0.6) is 5.75 Å². The zero-order chi connectivity index (χ0) is 24.7. The highest BCUT2D eigenvalue weighted by molar-refractivity contribution is 7.89. The largest absolute Gasteiger partial charge is 0.496 e. The molecule has 34 heavy (non-hydrogen) atoms. The smallest absolute Gasteiger partial charge is 0.259 e. The molecule has 3 rings (SSSR count). The van der Waals surface area contributed by atoms with Gasteiger partial charge in [0.05, 0.1) is 35.4 Å². The Morgan fingerprint density at radius 3 is 2.41 bits per heavy atom. The van der Waals surface area contributed by atoms with E-state index < -0.39 is 15.9 Å². The number of rotatable bonds is 9. The van der Waals surface area contributed by atoms with E-state index in [9.17, 15) is 18.0 Å². The maximum atomic E-state index is 13.2. The summed E-state index contributed by atoms with van der Waals surface area (Å²) in [5, 5.41) is 5.44. The lowest BCUT2D eigenvalue weighted by atomic mass is 10.0. The number of sulfonamides is 1. The Morgan fingerprint density at radius 2 is 1.74 bits per heavy atom. The summed E-state index contributed by atoms with van der Waals surface area (Å²) in [4.78, 5) is 25.7. The van der Waals surface area contributed by atoms with Gasteiger partial charge in [0, 0.05) is 26.7 Å². The molecule has 0 spiro atoms. The van der Waals surface area contributed by atoms with Gasteiger partial charge in [-0.2, -0.15) is 4.31 Å². The molecule has 2 aromatic carbocycles. The monoisotopic (exact) mass is 489 g/mol. The fraction of sp³-hybridized carbons (Fsp3) is 0.417. The van der Waals surface area contributed by atoms with Crippen molar-refractivity contribution in [1.82, 2.24) is 9.62 Å².